The van der Waals surface area contributed by atoms with E-state index in [9.17, 15) is 8.42 Å². The fraction of sp³-hybridized carbons (Fsp3) is 0.500. The molecule has 176 valence electrons. The molecule has 5 nitrogen and oxygen atoms in total. The van der Waals surface area contributed by atoms with Gasteiger partial charge in [-0.25, -0.2) is 13.1 Å². The van der Waals surface area contributed by atoms with Crippen LogP contribution in [0.25, 0.3) is 0 Å². The lowest BCUT2D eigenvalue weighted by atomic mass is 9.79. The van der Waals surface area contributed by atoms with Gasteiger partial charge in [0.1, 0.15) is 0 Å². The maximum Gasteiger partial charge on any atom is 0.240 e. The summed E-state index contributed by atoms with van der Waals surface area (Å²) in [5.41, 5.74) is 2.82. The molecule has 1 aliphatic heterocycles. The highest BCUT2D eigenvalue weighted by Gasteiger charge is 2.35. The molecule has 2 N–H and O–H groups in total. The van der Waals surface area contributed by atoms with Crippen molar-refractivity contribution in [2.75, 3.05) is 13.1 Å². The minimum atomic E-state index is -3.41. The molecule has 2 aromatic carbocycles. The minimum absolute atomic E-state index is 0.339. The Morgan fingerprint density at radius 3 is 2.42 bits per heavy atom. The average Bonchev–Trinajstić information content (AvgIpc) is 3.26. The number of aryl methyl sites for hydroxylation is 1. The number of sulfonamides is 1. The van der Waals surface area contributed by atoms with E-state index in [1.54, 1.807) is 24.3 Å². The number of halogens is 1. The SMILES string of the molecule is O=S(=O)(NC[C@H]1CC[C@H](CNC2=N[C@@H]3CCc4cc(Cl)ccc4[C@@H]3C2)CC1)c1ccccc1. The molecule has 2 atom stereocenters. The summed E-state index contributed by atoms with van der Waals surface area (Å²) >= 11 is 6.19. The molecule has 1 saturated carbocycles. The van der Waals surface area contributed by atoms with E-state index in [2.05, 4.69) is 22.2 Å². The van der Waals surface area contributed by atoms with Gasteiger partial charge < -0.3 is 5.32 Å². The number of hydrogen-bond donors (Lipinski definition) is 2. The predicted octanol–water partition coefficient (Wildman–Crippen LogP) is 4.92. The number of hydrogen-bond acceptors (Lipinski definition) is 4. The summed E-state index contributed by atoms with van der Waals surface area (Å²) in [5.74, 6) is 2.69. The monoisotopic (exact) mass is 485 g/mol. The molecule has 0 unspecified atom stereocenters. The van der Waals surface area contributed by atoms with Crippen molar-refractivity contribution in [1.29, 1.82) is 0 Å². The Balaban J connectivity index is 1.07. The van der Waals surface area contributed by atoms with E-state index in [0.717, 1.165) is 62.3 Å². The highest BCUT2D eigenvalue weighted by Crippen LogP contribution is 2.40. The van der Waals surface area contributed by atoms with Gasteiger partial charge in [-0.05, 0) is 85.8 Å². The Bertz CT molecular complexity index is 1110. The summed E-state index contributed by atoms with van der Waals surface area (Å²) in [4.78, 5) is 5.35. The highest BCUT2D eigenvalue weighted by molar-refractivity contribution is 7.89. The molecule has 3 aliphatic rings. The molecule has 5 rings (SSSR count). The molecule has 0 saturated heterocycles. The van der Waals surface area contributed by atoms with Crippen LogP contribution in [0.2, 0.25) is 5.02 Å². The summed E-state index contributed by atoms with van der Waals surface area (Å²) in [6.45, 7) is 1.49. The van der Waals surface area contributed by atoms with Gasteiger partial charge in [-0.15, -0.1) is 0 Å². The second-order valence-electron chi connectivity index (χ2n) is 9.77. The van der Waals surface area contributed by atoms with Gasteiger partial charge in [0, 0.05) is 30.5 Å². The van der Waals surface area contributed by atoms with Crippen molar-refractivity contribution in [3.8, 4) is 0 Å². The van der Waals surface area contributed by atoms with Crippen molar-refractivity contribution in [2.45, 2.75) is 61.8 Å². The average molecular weight is 486 g/mol. The Labute approximate surface area is 202 Å². The predicted molar refractivity (Wildman–Crippen MR) is 133 cm³/mol. The van der Waals surface area contributed by atoms with Crippen LogP contribution in [0.15, 0.2) is 58.4 Å². The number of fused-ring (bicyclic) bond motifs is 3. The first-order valence-electron chi connectivity index (χ1n) is 12.1. The van der Waals surface area contributed by atoms with Crippen LogP contribution < -0.4 is 10.0 Å². The lowest BCUT2D eigenvalue weighted by molar-refractivity contribution is 0.275. The Hall–Kier alpha value is -1.89. The van der Waals surface area contributed by atoms with Crippen molar-refractivity contribution >= 4 is 27.5 Å². The van der Waals surface area contributed by atoms with Crippen molar-refractivity contribution < 1.29 is 8.42 Å². The van der Waals surface area contributed by atoms with Crippen molar-refractivity contribution in [2.24, 2.45) is 16.8 Å². The number of amidine groups is 1. The van der Waals surface area contributed by atoms with Crippen molar-refractivity contribution in [1.82, 2.24) is 10.0 Å². The third-order valence-corrected chi connectivity index (χ3v) is 9.26. The highest BCUT2D eigenvalue weighted by atomic mass is 35.5. The van der Waals surface area contributed by atoms with Crippen LogP contribution in [0, 0.1) is 11.8 Å². The van der Waals surface area contributed by atoms with E-state index in [1.165, 1.54) is 11.1 Å². The van der Waals surface area contributed by atoms with Crippen molar-refractivity contribution in [3.05, 3.63) is 64.7 Å². The standard InChI is InChI=1S/C26H32ClN3O2S/c27-21-11-12-23-20(14-21)10-13-25-24(23)15-26(30-25)28-16-18-6-8-19(9-7-18)17-29-33(31,32)22-4-2-1-3-5-22/h1-5,11-12,14,18-19,24-25,29H,6-10,13,15-17H2,(H,28,30)/t18-,19-,24-,25+/m0/s1. The number of nitrogens with zero attached hydrogens (tertiary/aromatic N) is 1. The summed E-state index contributed by atoms with van der Waals surface area (Å²) in [6, 6.07) is 15.3. The van der Waals surface area contributed by atoms with Crippen LogP contribution in [-0.4, -0.2) is 33.4 Å². The van der Waals surface area contributed by atoms with E-state index < -0.39 is 10.0 Å². The molecular weight excluding hydrogens is 454 g/mol. The summed E-state index contributed by atoms with van der Waals surface area (Å²) < 4.78 is 27.7. The fourth-order valence-electron chi connectivity index (χ4n) is 5.66. The molecular formula is C26H32ClN3O2S. The summed E-state index contributed by atoms with van der Waals surface area (Å²) in [7, 11) is -3.41. The van der Waals surface area contributed by atoms with Gasteiger partial charge in [0.25, 0.3) is 0 Å². The molecule has 1 fully saturated rings. The smallest absolute Gasteiger partial charge is 0.240 e. The molecule has 2 aromatic rings. The van der Waals surface area contributed by atoms with Crippen molar-refractivity contribution in [3.63, 3.8) is 0 Å². The van der Waals surface area contributed by atoms with E-state index >= 15 is 0 Å². The number of benzene rings is 2. The van der Waals surface area contributed by atoms with Crippen LogP contribution in [0.4, 0.5) is 0 Å². The zero-order valence-electron chi connectivity index (χ0n) is 18.8. The first-order valence-corrected chi connectivity index (χ1v) is 14.0. The molecule has 0 spiro atoms. The lowest BCUT2D eigenvalue weighted by Gasteiger charge is -2.29. The van der Waals surface area contributed by atoms with Crippen LogP contribution >= 0.6 is 11.6 Å². The van der Waals surface area contributed by atoms with E-state index in [4.69, 9.17) is 16.6 Å². The lowest BCUT2D eigenvalue weighted by Crippen LogP contribution is -2.34. The maximum atomic E-state index is 12.4. The number of aliphatic imine (C=N–C) groups is 1. The van der Waals surface area contributed by atoms with E-state index in [0.29, 0.717) is 35.2 Å². The van der Waals surface area contributed by atoms with Gasteiger partial charge in [-0.3, -0.25) is 4.99 Å². The fourth-order valence-corrected chi connectivity index (χ4v) is 6.99. The normalized spacial score (nSPS) is 26.9. The zero-order chi connectivity index (χ0) is 22.8. The van der Waals surface area contributed by atoms with Gasteiger partial charge in [-0.2, -0.15) is 0 Å². The van der Waals surface area contributed by atoms with Crippen LogP contribution in [-0.2, 0) is 16.4 Å². The first-order chi connectivity index (χ1) is 16.0. The maximum absolute atomic E-state index is 12.4. The molecule has 0 aromatic heterocycles. The van der Waals surface area contributed by atoms with Crippen LogP contribution in [0.1, 0.15) is 55.6 Å². The van der Waals surface area contributed by atoms with Crippen LogP contribution in [0.5, 0.6) is 0 Å². The quantitative estimate of drug-likeness (QED) is 0.610. The molecule has 1 heterocycles. The Morgan fingerprint density at radius 2 is 1.67 bits per heavy atom. The second-order valence-corrected chi connectivity index (χ2v) is 12.0. The molecule has 0 radical (unpaired) electrons. The third kappa shape index (κ3) is 5.28. The van der Waals surface area contributed by atoms with Gasteiger partial charge >= 0.3 is 0 Å². The van der Waals surface area contributed by atoms with Crippen LogP contribution in [0.3, 0.4) is 0 Å². The van der Waals surface area contributed by atoms with Gasteiger partial charge in [0.15, 0.2) is 0 Å². The second kappa shape index (κ2) is 9.77. The molecule has 7 heteroatoms. The molecule has 0 amide bonds. The van der Waals surface area contributed by atoms with Gasteiger partial charge in [0.2, 0.25) is 10.0 Å². The third-order valence-electron chi connectivity index (χ3n) is 7.59. The van der Waals surface area contributed by atoms with E-state index in [1.807, 2.05) is 12.1 Å². The van der Waals surface area contributed by atoms with Gasteiger partial charge in [0.05, 0.1) is 16.8 Å². The first kappa shape index (κ1) is 22.9. The summed E-state index contributed by atoms with van der Waals surface area (Å²) in [6.07, 6.45) is 7.55. The molecule has 2 aliphatic carbocycles. The molecule has 33 heavy (non-hydrogen) atoms. The number of nitrogens with one attached hydrogen (secondary N) is 2. The van der Waals surface area contributed by atoms with Gasteiger partial charge in [-0.1, -0.05) is 35.9 Å². The zero-order valence-corrected chi connectivity index (χ0v) is 20.4. The topological polar surface area (TPSA) is 70.6 Å². The minimum Gasteiger partial charge on any atom is -0.374 e. The Morgan fingerprint density at radius 1 is 0.939 bits per heavy atom. The van der Waals surface area contributed by atoms with E-state index in [-0.39, 0.29) is 0 Å². The largest absolute Gasteiger partial charge is 0.374 e. The Kier molecular flexibility index (Phi) is 6.77. The number of rotatable bonds is 6. The summed E-state index contributed by atoms with van der Waals surface area (Å²) in [5, 5.41) is 4.48. The molecule has 0 bridgehead atoms.